The molecule has 0 amide bonds. The van der Waals surface area contributed by atoms with E-state index in [2.05, 4.69) is 61.6 Å². The largest absolute Gasteiger partial charge is 0.399 e. The Hall–Kier alpha value is -1.50. The van der Waals surface area contributed by atoms with E-state index in [1.54, 1.807) is 0 Å². The number of aromatic nitrogens is 1. The number of hydrogen-bond donors (Lipinski definition) is 1. The van der Waals surface area contributed by atoms with Crippen LogP contribution in [0.15, 0.2) is 48.8 Å². The second-order valence-electron chi connectivity index (χ2n) is 4.87. The molecule has 1 saturated heterocycles. The van der Waals surface area contributed by atoms with Crippen LogP contribution >= 0.6 is 22.6 Å². The van der Waals surface area contributed by atoms with Crippen molar-refractivity contribution in [2.45, 2.75) is 4.05 Å². The lowest BCUT2D eigenvalue weighted by Gasteiger charge is -2.41. The van der Waals surface area contributed by atoms with Crippen molar-refractivity contribution in [2.24, 2.45) is 0 Å². The van der Waals surface area contributed by atoms with Crippen molar-refractivity contribution in [3.63, 3.8) is 0 Å². The molecule has 1 aliphatic heterocycles. The van der Waals surface area contributed by atoms with Crippen molar-refractivity contribution in [3.8, 4) is 0 Å². The molecule has 4 nitrogen and oxygen atoms in total. The lowest BCUT2D eigenvalue weighted by Crippen LogP contribution is -2.50. The maximum atomic E-state index is 5.75. The van der Waals surface area contributed by atoms with Crippen molar-refractivity contribution < 1.29 is 0 Å². The Bertz CT molecular complexity index is 558. The number of halogens is 1. The molecular formula is C15H17IN4. The van der Waals surface area contributed by atoms with Crippen LogP contribution in [0, 0.1) is 0 Å². The van der Waals surface area contributed by atoms with Crippen LogP contribution in [0.1, 0.15) is 0 Å². The Balaban J connectivity index is 1.72. The zero-order valence-corrected chi connectivity index (χ0v) is 13.3. The second kappa shape index (κ2) is 5.87. The van der Waals surface area contributed by atoms with Gasteiger partial charge in [-0.2, -0.15) is 0 Å². The number of benzene rings is 1. The summed E-state index contributed by atoms with van der Waals surface area (Å²) in [6.45, 7) is 3.04. The van der Waals surface area contributed by atoms with Crippen LogP contribution in [0.25, 0.3) is 0 Å². The summed E-state index contributed by atoms with van der Waals surface area (Å²) in [6.07, 6.45) is 3.70. The molecule has 0 aliphatic carbocycles. The zero-order valence-electron chi connectivity index (χ0n) is 11.1. The minimum absolute atomic E-state index is 0.446. The van der Waals surface area contributed by atoms with Gasteiger partial charge in [-0.25, -0.2) is 0 Å². The number of nitrogens with two attached hydrogens (primary N) is 1. The van der Waals surface area contributed by atoms with Crippen molar-refractivity contribution in [1.82, 2.24) is 4.98 Å². The van der Waals surface area contributed by atoms with Crippen LogP contribution in [-0.4, -0.2) is 28.7 Å². The topological polar surface area (TPSA) is 45.4 Å². The van der Waals surface area contributed by atoms with Gasteiger partial charge in [-0.05, 0) is 36.4 Å². The third kappa shape index (κ3) is 2.82. The predicted octanol–water partition coefficient (Wildman–Crippen LogP) is 2.75. The second-order valence-corrected chi connectivity index (χ2v) is 6.31. The van der Waals surface area contributed by atoms with E-state index in [4.69, 9.17) is 5.73 Å². The molecule has 0 bridgehead atoms. The Labute approximate surface area is 132 Å². The minimum Gasteiger partial charge on any atom is -0.399 e. The Kier molecular flexibility index (Phi) is 3.95. The summed E-state index contributed by atoms with van der Waals surface area (Å²) in [6, 6.07) is 12.3. The maximum Gasteiger partial charge on any atom is 0.0984 e. The number of nitrogen functional groups attached to an aromatic ring is 1. The van der Waals surface area contributed by atoms with E-state index in [9.17, 15) is 0 Å². The molecule has 1 unspecified atom stereocenters. The number of hydrogen-bond acceptors (Lipinski definition) is 4. The van der Waals surface area contributed by atoms with Crippen molar-refractivity contribution in [2.75, 3.05) is 35.2 Å². The van der Waals surface area contributed by atoms with Crippen molar-refractivity contribution >= 4 is 39.7 Å². The molecule has 0 saturated carbocycles. The lowest BCUT2D eigenvalue weighted by molar-refractivity contribution is 0.638. The molecule has 3 rings (SSSR count). The molecule has 5 heteroatoms. The van der Waals surface area contributed by atoms with Gasteiger partial charge in [-0.1, -0.05) is 22.6 Å². The van der Waals surface area contributed by atoms with Gasteiger partial charge in [-0.3, -0.25) is 4.98 Å². The van der Waals surface area contributed by atoms with E-state index >= 15 is 0 Å². The van der Waals surface area contributed by atoms with Crippen LogP contribution < -0.4 is 15.5 Å². The van der Waals surface area contributed by atoms with Gasteiger partial charge in [0.05, 0.1) is 4.05 Å². The molecule has 0 radical (unpaired) electrons. The standard InChI is InChI=1S/C15H17IN4/c16-15-11-19(13-3-1-12(17)2-4-13)9-10-20(15)14-5-7-18-8-6-14/h1-8,15H,9-11,17H2. The first-order valence-corrected chi connectivity index (χ1v) is 7.90. The maximum absolute atomic E-state index is 5.75. The smallest absolute Gasteiger partial charge is 0.0984 e. The summed E-state index contributed by atoms with van der Waals surface area (Å²) < 4.78 is 0.446. The van der Waals surface area contributed by atoms with E-state index in [1.165, 1.54) is 11.4 Å². The monoisotopic (exact) mass is 380 g/mol. The average molecular weight is 380 g/mol. The van der Waals surface area contributed by atoms with Crippen LogP contribution in [0.2, 0.25) is 0 Å². The van der Waals surface area contributed by atoms with Gasteiger partial charge >= 0.3 is 0 Å². The molecule has 1 aromatic carbocycles. The first-order valence-electron chi connectivity index (χ1n) is 6.65. The first kappa shape index (κ1) is 13.5. The van der Waals surface area contributed by atoms with Crippen molar-refractivity contribution in [1.29, 1.82) is 0 Å². The summed E-state index contributed by atoms with van der Waals surface area (Å²) in [7, 11) is 0. The number of alkyl halides is 1. The van der Waals surface area contributed by atoms with Gasteiger partial charge in [0.25, 0.3) is 0 Å². The van der Waals surface area contributed by atoms with Crippen LogP contribution in [0.3, 0.4) is 0 Å². The highest BCUT2D eigenvalue weighted by atomic mass is 127. The summed E-state index contributed by atoms with van der Waals surface area (Å²) in [4.78, 5) is 8.92. The number of pyridine rings is 1. The van der Waals surface area contributed by atoms with E-state index < -0.39 is 0 Å². The predicted molar refractivity (Wildman–Crippen MR) is 92.5 cm³/mol. The number of anilines is 3. The van der Waals surface area contributed by atoms with E-state index in [-0.39, 0.29) is 0 Å². The first-order chi connectivity index (χ1) is 9.74. The highest BCUT2D eigenvalue weighted by Gasteiger charge is 2.25. The Morgan fingerprint density at radius 2 is 1.70 bits per heavy atom. The van der Waals surface area contributed by atoms with Crippen LogP contribution in [0.5, 0.6) is 0 Å². The SMILES string of the molecule is Nc1ccc(N2CCN(c3ccncc3)C(I)C2)cc1. The lowest BCUT2D eigenvalue weighted by atomic mass is 10.2. The fourth-order valence-electron chi connectivity index (χ4n) is 2.49. The van der Waals surface area contributed by atoms with Gasteiger partial charge in [0.1, 0.15) is 0 Å². The molecule has 1 atom stereocenters. The molecule has 1 fully saturated rings. The third-order valence-corrected chi connectivity index (χ3v) is 4.64. The van der Waals surface area contributed by atoms with Gasteiger partial charge < -0.3 is 15.5 Å². The molecule has 2 N–H and O–H groups in total. The van der Waals surface area contributed by atoms with Gasteiger partial charge in [0.15, 0.2) is 0 Å². The third-order valence-electron chi connectivity index (χ3n) is 3.57. The van der Waals surface area contributed by atoms with Gasteiger partial charge in [0, 0.05) is 49.1 Å². The highest BCUT2D eigenvalue weighted by Crippen LogP contribution is 2.26. The molecule has 1 aliphatic rings. The molecule has 104 valence electrons. The molecular weight excluding hydrogens is 363 g/mol. The van der Waals surface area contributed by atoms with Crippen LogP contribution in [-0.2, 0) is 0 Å². The number of piperazine rings is 1. The van der Waals surface area contributed by atoms with Crippen molar-refractivity contribution in [3.05, 3.63) is 48.8 Å². The van der Waals surface area contributed by atoms with E-state index in [0.717, 1.165) is 25.3 Å². The Morgan fingerprint density at radius 1 is 1.00 bits per heavy atom. The van der Waals surface area contributed by atoms with E-state index in [0.29, 0.717) is 4.05 Å². The highest BCUT2D eigenvalue weighted by molar-refractivity contribution is 14.1. The minimum atomic E-state index is 0.446. The van der Waals surface area contributed by atoms with Crippen LogP contribution in [0.4, 0.5) is 17.1 Å². The summed E-state index contributed by atoms with van der Waals surface area (Å²) in [5.41, 5.74) is 9.05. The van der Waals surface area contributed by atoms with Gasteiger partial charge in [-0.15, -0.1) is 0 Å². The van der Waals surface area contributed by atoms with E-state index in [1.807, 2.05) is 24.5 Å². The number of rotatable bonds is 2. The fraction of sp³-hybridized carbons (Fsp3) is 0.267. The molecule has 0 spiro atoms. The fourth-order valence-corrected chi connectivity index (χ4v) is 3.56. The van der Waals surface area contributed by atoms with Gasteiger partial charge in [0.2, 0.25) is 0 Å². The zero-order chi connectivity index (χ0) is 13.9. The molecule has 20 heavy (non-hydrogen) atoms. The summed E-state index contributed by atoms with van der Waals surface area (Å²) >= 11 is 2.51. The Morgan fingerprint density at radius 3 is 2.35 bits per heavy atom. The molecule has 2 heterocycles. The molecule has 1 aromatic heterocycles. The number of nitrogens with zero attached hydrogens (tertiary/aromatic N) is 3. The quantitative estimate of drug-likeness (QED) is 0.377. The molecule has 2 aromatic rings. The normalized spacial score (nSPS) is 19.1. The summed E-state index contributed by atoms with van der Waals surface area (Å²) in [5, 5.41) is 0. The average Bonchev–Trinajstić information content (AvgIpc) is 2.49. The summed E-state index contributed by atoms with van der Waals surface area (Å²) in [5.74, 6) is 0.